The third-order valence-corrected chi connectivity index (χ3v) is 21.0. The summed E-state index contributed by atoms with van der Waals surface area (Å²) in [4.78, 5) is 73.1. The number of likely N-dealkylation sites (tertiary alicyclic amines) is 1. The van der Waals surface area contributed by atoms with Crippen LogP contribution in [0.15, 0.2) is 103 Å². The lowest BCUT2D eigenvalue weighted by Crippen LogP contribution is -2.69. The summed E-state index contributed by atoms with van der Waals surface area (Å²) in [6.45, 7) is 18.8. The molecule has 0 aliphatic carbocycles. The van der Waals surface area contributed by atoms with Crippen LogP contribution in [0, 0.1) is 11.3 Å². The van der Waals surface area contributed by atoms with Crippen molar-refractivity contribution in [2.45, 2.75) is 112 Å². The van der Waals surface area contributed by atoms with Crippen LogP contribution in [0.3, 0.4) is 0 Å². The number of hydrogen-bond donors (Lipinski definition) is 0. The van der Waals surface area contributed by atoms with Crippen molar-refractivity contribution >= 4 is 77.5 Å². The van der Waals surface area contributed by atoms with Gasteiger partial charge in [-0.15, -0.1) is 11.3 Å². The summed E-state index contributed by atoms with van der Waals surface area (Å²) in [5.74, 6) is -3.51. The molecule has 1 aromatic heterocycles. The summed E-state index contributed by atoms with van der Waals surface area (Å²) in [7, 11) is -2.46. The van der Waals surface area contributed by atoms with Crippen LogP contribution in [0.2, 0.25) is 18.1 Å². The molecule has 5 rings (SSSR count). The van der Waals surface area contributed by atoms with Gasteiger partial charge in [0, 0.05) is 13.3 Å². The molecule has 0 spiro atoms. The van der Waals surface area contributed by atoms with Crippen LogP contribution in [0.1, 0.15) is 95.0 Å². The first kappa shape index (κ1) is 47.4. The molecule has 326 valence electrons. The van der Waals surface area contributed by atoms with Crippen LogP contribution >= 0.6 is 18.2 Å². The SMILES string of the molecule is CC(O[Si](C)(C)C(C)(C)C)C1C(=O)N(C(C(=O)OCOC(=O)C(C)(C)C)=P(c2ccccc2)(c2ccccc2)c2ccccc2)C1CC(=O)c1ccc(C(=O)OC(C)(C)C)s1. The number of β-lactam (4-membered cyclic amide) rings is 1. The maximum atomic E-state index is 15.3. The average molecular weight is 886 g/mol. The minimum Gasteiger partial charge on any atom is -0.456 e. The van der Waals surface area contributed by atoms with Crippen molar-refractivity contribution in [2.75, 3.05) is 6.79 Å². The summed E-state index contributed by atoms with van der Waals surface area (Å²) in [5.41, 5.74) is -1.56. The number of nitrogens with zero attached hydrogens (tertiary/aromatic N) is 1. The Morgan fingerprint density at radius 2 is 1.20 bits per heavy atom. The summed E-state index contributed by atoms with van der Waals surface area (Å²) in [6.07, 6.45) is -0.824. The topological polar surface area (TPSA) is 126 Å². The van der Waals surface area contributed by atoms with Gasteiger partial charge in [-0.05, 0) is 94.6 Å². The van der Waals surface area contributed by atoms with Crippen LogP contribution in [-0.2, 0) is 33.0 Å². The fraction of sp³-hybridized carbons (Fsp3) is 0.417. The van der Waals surface area contributed by atoms with Crippen molar-refractivity contribution in [3.63, 3.8) is 0 Å². The number of benzene rings is 3. The molecule has 0 saturated carbocycles. The van der Waals surface area contributed by atoms with Gasteiger partial charge in [-0.3, -0.25) is 14.4 Å². The van der Waals surface area contributed by atoms with Gasteiger partial charge in [0.25, 0.3) is 0 Å². The van der Waals surface area contributed by atoms with E-state index >= 15 is 9.59 Å². The Labute approximate surface area is 366 Å². The maximum Gasteiger partial charge on any atom is 0.358 e. The van der Waals surface area contributed by atoms with Crippen LogP contribution < -0.4 is 15.9 Å². The largest absolute Gasteiger partial charge is 0.456 e. The van der Waals surface area contributed by atoms with Crippen molar-refractivity contribution in [1.82, 2.24) is 4.90 Å². The Balaban J connectivity index is 1.78. The summed E-state index contributed by atoms with van der Waals surface area (Å²) >= 11 is 1.03. The lowest BCUT2D eigenvalue weighted by Gasteiger charge is -2.52. The van der Waals surface area contributed by atoms with E-state index < -0.39 is 74.9 Å². The van der Waals surface area contributed by atoms with Crippen molar-refractivity contribution in [3.8, 4) is 0 Å². The second-order valence-electron chi connectivity index (χ2n) is 18.9. The van der Waals surface area contributed by atoms with E-state index in [0.29, 0.717) is 4.88 Å². The molecular formula is C48H60NO9PSSi. The third-order valence-electron chi connectivity index (χ3n) is 11.1. The Hall–Kier alpha value is -4.61. The van der Waals surface area contributed by atoms with Crippen molar-refractivity contribution < 1.29 is 42.6 Å². The van der Waals surface area contributed by atoms with Crippen molar-refractivity contribution in [2.24, 2.45) is 11.3 Å². The fourth-order valence-electron chi connectivity index (χ4n) is 7.07. The van der Waals surface area contributed by atoms with E-state index in [4.69, 9.17) is 18.6 Å². The van der Waals surface area contributed by atoms with Crippen LogP contribution in [0.5, 0.6) is 0 Å². The Kier molecular flexibility index (Phi) is 14.3. The van der Waals surface area contributed by atoms with Gasteiger partial charge >= 0.3 is 17.9 Å². The minimum absolute atomic E-state index is 0.0436. The molecule has 1 saturated heterocycles. The van der Waals surface area contributed by atoms with Gasteiger partial charge in [0.15, 0.2) is 14.1 Å². The van der Waals surface area contributed by atoms with E-state index in [2.05, 4.69) is 33.9 Å². The van der Waals surface area contributed by atoms with Gasteiger partial charge in [0.2, 0.25) is 12.7 Å². The van der Waals surface area contributed by atoms with E-state index in [9.17, 15) is 14.4 Å². The molecule has 1 amide bonds. The Morgan fingerprint density at radius 1 is 0.721 bits per heavy atom. The fourth-order valence-corrected chi connectivity index (χ4v) is 13.7. The van der Waals surface area contributed by atoms with Gasteiger partial charge in [-0.1, -0.05) is 112 Å². The Morgan fingerprint density at radius 3 is 1.64 bits per heavy atom. The Bertz CT molecular complexity index is 2180. The molecule has 3 atom stereocenters. The summed E-state index contributed by atoms with van der Waals surface area (Å²) in [6, 6.07) is 30.9. The second kappa shape index (κ2) is 18.4. The molecule has 1 aliphatic rings. The average Bonchev–Trinajstić information content (AvgIpc) is 3.68. The molecule has 0 radical (unpaired) electrons. The third kappa shape index (κ3) is 10.4. The number of ketones is 1. The molecule has 2 heterocycles. The van der Waals surface area contributed by atoms with Crippen LogP contribution in [0.4, 0.5) is 0 Å². The standard InChI is InChI=1S/C48H60NO9PSSi/c1-32(58-61(11,12)48(8,9)10)40-36(30-37(50)38-28-29-39(60-38)43(52)57-47(5,6)7)49(41(40)51)42(44(53)55-31-56-45(54)46(2,3)4)59(33-22-16-13-17-23-33,34-24-18-14-19-25-34)35-26-20-15-21-27-35/h13-29,32,36,40H,30-31H2,1-12H3. The van der Waals surface area contributed by atoms with Crippen molar-refractivity contribution in [1.29, 1.82) is 0 Å². The number of Topliss-reactive ketones (excluding diaryl/α,β-unsaturated/α-hetero) is 1. The van der Waals surface area contributed by atoms with Crippen LogP contribution in [-0.4, -0.2) is 72.8 Å². The number of hydrogen-bond acceptors (Lipinski definition) is 10. The molecule has 13 heteroatoms. The summed E-state index contributed by atoms with van der Waals surface area (Å²) < 4.78 is 23.9. The molecule has 0 bridgehead atoms. The predicted octanol–water partition coefficient (Wildman–Crippen LogP) is 8.73. The number of esters is 3. The van der Waals surface area contributed by atoms with E-state index in [0.717, 1.165) is 27.3 Å². The number of amides is 1. The zero-order chi connectivity index (χ0) is 45.1. The van der Waals surface area contributed by atoms with Gasteiger partial charge in [0.1, 0.15) is 15.9 Å². The molecule has 0 N–H and O–H groups in total. The molecule has 4 aromatic rings. The van der Waals surface area contributed by atoms with Gasteiger partial charge in [-0.2, -0.15) is 0 Å². The smallest absolute Gasteiger partial charge is 0.358 e. The molecule has 3 unspecified atom stereocenters. The maximum absolute atomic E-state index is 15.3. The normalized spacial score (nSPS) is 16.6. The minimum atomic E-state index is -3.38. The van der Waals surface area contributed by atoms with E-state index in [1.54, 1.807) is 53.7 Å². The quantitative estimate of drug-likeness (QED) is 0.0305. The number of ether oxygens (including phenoxy) is 3. The number of rotatable bonds is 14. The second-order valence-corrected chi connectivity index (χ2v) is 28.1. The zero-order valence-electron chi connectivity index (χ0n) is 37.4. The molecule has 61 heavy (non-hydrogen) atoms. The first-order valence-corrected chi connectivity index (χ1v) is 26.1. The van der Waals surface area contributed by atoms with E-state index in [1.165, 1.54) is 4.90 Å². The molecule has 3 aromatic carbocycles. The first-order valence-electron chi connectivity index (χ1n) is 20.5. The number of carbonyl (C=O) groups excluding carboxylic acids is 5. The molecule has 1 aliphatic heterocycles. The first-order chi connectivity index (χ1) is 28.4. The number of carbonyl (C=O) groups is 5. The lowest BCUT2D eigenvalue weighted by atomic mass is 9.80. The molecule has 10 nitrogen and oxygen atoms in total. The zero-order valence-corrected chi connectivity index (χ0v) is 40.1. The van der Waals surface area contributed by atoms with E-state index in [1.807, 2.05) is 97.9 Å². The highest BCUT2D eigenvalue weighted by atomic mass is 32.1. The highest BCUT2D eigenvalue weighted by Crippen LogP contribution is 2.51. The van der Waals surface area contributed by atoms with E-state index in [-0.39, 0.29) is 27.5 Å². The van der Waals surface area contributed by atoms with Gasteiger partial charge < -0.3 is 23.5 Å². The monoisotopic (exact) mass is 885 g/mol. The van der Waals surface area contributed by atoms with Crippen molar-refractivity contribution in [3.05, 3.63) is 113 Å². The number of thiophene rings is 1. The highest BCUT2D eigenvalue weighted by Gasteiger charge is 2.57. The van der Waals surface area contributed by atoms with Gasteiger partial charge in [0.05, 0.1) is 28.4 Å². The lowest BCUT2D eigenvalue weighted by molar-refractivity contribution is -0.171. The highest BCUT2D eigenvalue weighted by molar-refractivity contribution is 7.96. The molecule has 1 fully saturated rings. The summed E-state index contributed by atoms with van der Waals surface area (Å²) in [5, 5.41) is 2.10. The molecular weight excluding hydrogens is 826 g/mol. The van der Waals surface area contributed by atoms with Gasteiger partial charge in [-0.25, -0.2) is 9.59 Å². The van der Waals surface area contributed by atoms with Crippen LogP contribution in [0.25, 0.3) is 0 Å². The predicted molar refractivity (Wildman–Crippen MR) is 247 cm³/mol.